The molecule has 1 aliphatic heterocycles. The minimum atomic E-state index is 0.550. The Morgan fingerprint density at radius 1 is 1.15 bits per heavy atom. The summed E-state index contributed by atoms with van der Waals surface area (Å²) in [4.78, 5) is 4.74. The SMILES string of the molecule is Cc1cccc(OCCn2c(CCN)nc3cc4c(cc32)OCCO4)c1. The molecular formula is C20H23N3O3. The van der Waals surface area contributed by atoms with Crippen LogP contribution in [0.3, 0.4) is 0 Å². The molecule has 4 rings (SSSR count). The Balaban J connectivity index is 1.60. The molecule has 0 saturated heterocycles. The molecule has 3 aromatic rings. The van der Waals surface area contributed by atoms with Crippen LogP contribution in [0.2, 0.25) is 0 Å². The van der Waals surface area contributed by atoms with Crippen molar-refractivity contribution in [3.8, 4) is 17.2 Å². The zero-order valence-electron chi connectivity index (χ0n) is 14.9. The first-order valence-corrected chi connectivity index (χ1v) is 8.93. The first kappa shape index (κ1) is 16.7. The van der Waals surface area contributed by atoms with E-state index < -0.39 is 0 Å². The molecule has 6 heteroatoms. The van der Waals surface area contributed by atoms with Crippen molar-refractivity contribution in [3.05, 3.63) is 47.8 Å². The molecular weight excluding hydrogens is 330 g/mol. The Hall–Kier alpha value is -2.73. The molecule has 0 saturated carbocycles. The Kier molecular flexibility index (Phi) is 4.67. The van der Waals surface area contributed by atoms with Crippen molar-refractivity contribution in [2.45, 2.75) is 19.9 Å². The van der Waals surface area contributed by atoms with Gasteiger partial charge in [0.05, 0.1) is 17.6 Å². The van der Waals surface area contributed by atoms with Crippen LogP contribution in [0.5, 0.6) is 17.2 Å². The van der Waals surface area contributed by atoms with Gasteiger partial charge >= 0.3 is 0 Å². The van der Waals surface area contributed by atoms with E-state index >= 15 is 0 Å². The third-order valence-electron chi connectivity index (χ3n) is 4.43. The third-order valence-corrected chi connectivity index (χ3v) is 4.43. The van der Waals surface area contributed by atoms with Crippen LogP contribution in [0.4, 0.5) is 0 Å². The Bertz CT molecular complexity index is 920. The standard InChI is InChI=1S/C20H23N3O3/c1-14-3-2-4-15(11-14)24-8-7-23-17-13-19-18(25-9-10-26-19)12-16(17)22-20(23)5-6-21/h2-4,11-13H,5-10,21H2,1H3. The number of aryl methyl sites for hydroxylation is 1. The normalized spacial score (nSPS) is 13.2. The Labute approximate surface area is 152 Å². The fraction of sp³-hybridized carbons (Fsp3) is 0.350. The molecule has 0 spiro atoms. The summed E-state index contributed by atoms with van der Waals surface area (Å²) < 4.78 is 19.5. The second kappa shape index (κ2) is 7.25. The van der Waals surface area contributed by atoms with Gasteiger partial charge in [-0.1, -0.05) is 12.1 Å². The molecule has 0 unspecified atom stereocenters. The number of hydrogen-bond donors (Lipinski definition) is 1. The molecule has 0 radical (unpaired) electrons. The summed E-state index contributed by atoms with van der Waals surface area (Å²) in [5.41, 5.74) is 8.87. The van der Waals surface area contributed by atoms with Gasteiger partial charge in [-0.3, -0.25) is 0 Å². The monoisotopic (exact) mass is 353 g/mol. The van der Waals surface area contributed by atoms with Gasteiger partial charge in [0.25, 0.3) is 0 Å². The maximum Gasteiger partial charge on any atom is 0.163 e. The number of hydrogen-bond acceptors (Lipinski definition) is 5. The van der Waals surface area contributed by atoms with E-state index in [9.17, 15) is 0 Å². The average Bonchev–Trinajstić information content (AvgIpc) is 2.97. The van der Waals surface area contributed by atoms with Gasteiger partial charge in [-0.05, 0) is 31.2 Å². The predicted octanol–water partition coefficient (Wildman–Crippen LogP) is 2.70. The Morgan fingerprint density at radius 3 is 2.73 bits per heavy atom. The van der Waals surface area contributed by atoms with Crippen LogP contribution in [-0.2, 0) is 13.0 Å². The van der Waals surface area contributed by atoms with Crippen LogP contribution in [0.15, 0.2) is 36.4 Å². The second-order valence-electron chi connectivity index (χ2n) is 6.37. The maximum absolute atomic E-state index is 5.92. The minimum Gasteiger partial charge on any atom is -0.492 e. The van der Waals surface area contributed by atoms with Crippen LogP contribution in [0.1, 0.15) is 11.4 Å². The lowest BCUT2D eigenvalue weighted by Crippen LogP contribution is -2.16. The predicted molar refractivity (Wildman–Crippen MR) is 100 cm³/mol. The van der Waals surface area contributed by atoms with E-state index in [1.54, 1.807) is 0 Å². The molecule has 2 heterocycles. The number of rotatable bonds is 6. The molecule has 0 aliphatic carbocycles. The number of imidazole rings is 1. The number of nitrogens with two attached hydrogens (primary N) is 1. The summed E-state index contributed by atoms with van der Waals surface area (Å²) in [5, 5.41) is 0. The molecule has 6 nitrogen and oxygen atoms in total. The van der Waals surface area contributed by atoms with Crippen molar-refractivity contribution >= 4 is 11.0 Å². The van der Waals surface area contributed by atoms with E-state index in [0.29, 0.717) is 39.3 Å². The van der Waals surface area contributed by atoms with E-state index in [4.69, 9.17) is 24.9 Å². The first-order chi connectivity index (χ1) is 12.7. The van der Waals surface area contributed by atoms with Crippen LogP contribution < -0.4 is 19.9 Å². The average molecular weight is 353 g/mol. The van der Waals surface area contributed by atoms with Gasteiger partial charge in [0, 0.05) is 18.6 Å². The molecule has 0 atom stereocenters. The van der Waals surface area contributed by atoms with Crippen molar-refractivity contribution in [3.63, 3.8) is 0 Å². The van der Waals surface area contributed by atoms with Crippen molar-refractivity contribution < 1.29 is 14.2 Å². The van der Waals surface area contributed by atoms with Crippen LogP contribution >= 0.6 is 0 Å². The minimum absolute atomic E-state index is 0.550. The van der Waals surface area contributed by atoms with E-state index in [2.05, 4.69) is 17.6 Å². The summed E-state index contributed by atoms with van der Waals surface area (Å²) in [6, 6.07) is 12.0. The third kappa shape index (κ3) is 3.32. The molecule has 0 amide bonds. The van der Waals surface area contributed by atoms with Gasteiger partial charge in [0.2, 0.25) is 0 Å². The van der Waals surface area contributed by atoms with Gasteiger partial charge in [0.15, 0.2) is 11.5 Å². The molecule has 136 valence electrons. The van der Waals surface area contributed by atoms with Crippen LogP contribution in [0, 0.1) is 6.92 Å². The highest BCUT2D eigenvalue weighted by Gasteiger charge is 2.18. The van der Waals surface area contributed by atoms with Crippen molar-refractivity contribution in [1.82, 2.24) is 9.55 Å². The van der Waals surface area contributed by atoms with E-state index in [0.717, 1.165) is 34.1 Å². The molecule has 1 aliphatic rings. The number of aromatic nitrogens is 2. The zero-order valence-corrected chi connectivity index (χ0v) is 14.9. The lowest BCUT2D eigenvalue weighted by Gasteiger charge is -2.18. The number of ether oxygens (including phenoxy) is 3. The molecule has 0 fully saturated rings. The van der Waals surface area contributed by atoms with Crippen molar-refractivity contribution in [2.75, 3.05) is 26.4 Å². The number of fused-ring (bicyclic) bond motifs is 2. The van der Waals surface area contributed by atoms with E-state index in [1.165, 1.54) is 5.56 Å². The lowest BCUT2D eigenvalue weighted by atomic mass is 10.2. The van der Waals surface area contributed by atoms with Crippen molar-refractivity contribution in [2.24, 2.45) is 5.73 Å². The quantitative estimate of drug-likeness (QED) is 0.738. The summed E-state index contributed by atoms with van der Waals surface area (Å²) in [6.07, 6.45) is 0.714. The largest absolute Gasteiger partial charge is 0.492 e. The first-order valence-electron chi connectivity index (χ1n) is 8.93. The molecule has 2 aromatic carbocycles. The van der Waals surface area contributed by atoms with E-state index in [1.807, 2.05) is 30.3 Å². The van der Waals surface area contributed by atoms with Crippen molar-refractivity contribution in [1.29, 1.82) is 0 Å². The fourth-order valence-corrected chi connectivity index (χ4v) is 3.24. The van der Waals surface area contributed by atoms with Crippen LogP contribution in [0.25, 0.3) is 11.0 Å². The number of benzene rings is 2. The van der Waals surface area contributed by atoms with Gasteiger partial charge in [-0.15, -0.1) is 0 Å². The van der Waals surface area contributed by atoms with Gasteiger partial charge in [0.1, 0.15) is 31.4 Å². The zero-order chi connectivity index (χ0) is 17.9. The molecule has 1 aromatic heterocycles. The molecule has 26 heavy (non-hydrogen) atoms. The Morgan fingerprint density at radius 2 is 1.96 bits per heavy atom. The maximum atomic E-state index is 5.92. The lowest BCUT2D eigenvalue weighted by molar-refractivity contribution is 0.172. The molecule has 2 N–H and O–H groups in total. The summed E-state index contributed by atoms with van der Waals surface area (Å²) in [5.74, 6) is 3.36. The number of nitrogens with zero attached hydrogens (tertiary/aromatic N) is 2. The van der Waals surface area contributed by atoms with Gasteiger partial charge < -0.3 is 24.5 Å². The summed E-state index contributed by atoms with van der Waals surface area (Å²) in [6.45, 7) is 4.99. The fourth-order valence-electron chi connectivity index (χ4n) is 3.24. The van der Waals surface area contributed by atoms with Gasteiger partial charge in [-0.2, -0.15) is 0 Å². The summed E-state index contributed by atoms with van der Waals surface area (Å²) in [7, 11) is 0. The summed E-state index contributed by atoms with van der Waals surface area (Å²) >= 11 is 0. The highest BCUT2D eigenvalue weighted by atomic mass is 16.6. The highest BCUT2D eigenvalue weighted by molar-refractivity contribution is 5.80. The van der Waals surface area contributed by atoms with Gasteiger partial charge in [-0.25, -0.2) is 4.98 Å². The van der Waals surface area contributed by atoms with E-state index in [-0.39, 0.29) is 0 Å². The molecule has 0 bridgehead atoms. The van der Waals surface area contributed by atoms with Crippen LogP contribution in [-0.4, -0.2) is 35.9 Å². The second-order valence-corrected chi connectivity index (χ2v) is 6.37. The topological polar surface area (TPSA) is 71.5 Å². The highest BCUT2D eigenvalue weighted by Crippen LogP contribution is 2.34. The smallest absolute Gasteiger partial charge is 0.163 e.